The second-order valence-corrected chi connectivity index (χ2v) is 6.86. The molecule has 0 unspecified atom stereocenters. The Morgan fingerprint density at radius 3 is 2.14 bits per heavy atom. The minimum atomic E-state index is -0.527. The van der Waals surface area contributed by atoms with Gasteiger partial charge in [0.25, 0.3) is 0 Å². The van der Waals surface area contributed by atoms with E-state index in [0.29, 0.717) is 0 Å². The summed E-state index contributed by atoms with van der Waals surface area (Å²) in [5.74, 6) is -1.04. The van der Waals surface area contributed by atoms with Crippen LogP contribution in [-0.2, 0) is 9.47 Å². The van der Waals surface area contributed by atoms with Crippen LogP contribution in [0.5, 0.6) is 0 Å². The SMILES string of the molecule is CCOC(=O)c1cc(Br)c(C)cc1C(=O)OCC(C)(C)C. The molecule has 0 aliphatic heterocycles. The molecule has 116 valence electrons. The first-order valence-electron chi connectivity index (χ1n) is 6.80. The molecule has 1 aromatic carbocycles. The lowest BCUT2D eigenvalue weighted by molar-refractivity contribution is 0.0354. The van der Waals surface area contributed by atoms with E-state index in [1.54, 1.807) is 19.1 Å². The predicted molar refractivity (Wildman–Crippen MR) is 84.6 cm³/mol. The van der Waals surface area contributed by atoms with Crippen LogP contribution in [0.2, 0.25) is 0 Å². The highest BCUT2D eigenvalue weighted by Crippen LogP contribution is 2.24. The minimum Gasteiger partial charge on any atom is -0.462 e. The van der Waals surface area contributed by atoms with E-state index in [9.17, 15) is 9.59 Å². The number of aryl methyl sites for hydroxylation is 1. The highest BCUT2D eigenvalue weighted by molar-refractivity contribution is 9.10. The van der Waals surface area contributed by atoms with Crippen LogP contribution in [0.3, 0.4) is 0 Å². The third-order valence-corrected chi connectivity index (χ3v) is 3.50. The van der Waals surface area contributed by atoms with Gasteiger partial charge in [-0.25, -0.2) is 9.59 Å². The molecule has 0 aliphatic rings. The molecule has 0 aliphatic carbocycles. The number of carbonyl (C=O) groups excluding carboxylic acids is 2. The van der Waals surface area contributed by atoms with E-state index >= 15 is 0 Å². The number of ether oxygens (including phenoxy) is 2. The summed E-state index contributed by atoms with van der Waals surface area (Å²) < 4.78 is 11.0. The fraction of sp³-hybridized carbons (Fsp3) is 0.500. The third kappa shape index (κ3) is 5.16. The third-order valence-electron chi connectivity index (χ3n) is 2.65. The highest BCUT2D eigenvalue weighted by Gasteiger charge is 2.22. The molecule has 5 heteroatoms. The van der Waals surface area contributed by atoms with Crippen LogP contribution in [0.1, 0.15) is 54.0 Å². The lowest BCUT2D eigenvalue weighted by Gasteiger charge is -2.18. The molecule has 0 spiro atoms. The number of esters is 2. The lowest BCUT2D eigenvalue weighted by atomic mass is 9.98. The van der Waals surface area contributed by atoms with Crippen molar-refractivity contribution in [3.63, 3.8) is 0 Å². The molecule has 0 saturated heterocycles. The zero-order valence-corrected chi connectivity index (χ0v) is 14.7. The first kappa shape index (κ1) is 17.7. The second-order valence-electron chi connectivity index (χ2n) is 6.00. The van der Waals surface area contributed by atoms with Crippen LogP contribution < -0.4 is 0 Å². The van der Waals surface area contributed by atoms with Gasteiger partial charge in [-0.2, -0.15) is 0 Å². The lowest BCUT2D eigenvalue weighted by Crippen LogP contribution is -2.20. The monoisotopic (exact) mass is 356 g/mol. The van der Waals surface area contributed by atoms with Crippen molar-refractivity contribution >= 4 is 27.9 Å². The normalized spacial score (nSPS) is 11.1. The van der Waals surface area contributed by atoms with Gasteiger partial charge < -0.3 is 9.47 Å². The van der Waals surface area contributed by atoms with Crippen molar-refractivity contribution in [2.45, 2.75) is 34.6 Å². The van der Waals surface area contributed by atoms with Crippen molar-refractivity contribution in [2.75, 3.05) is 13.2 Å². The van der Waals surface area contributed by atoms with E-state index in [0.717, 1.165) is 10.0 Å². The van der Waals surface area contributed by atoms with Gasteiger partial charge in [0, 0.05) is 4.47 Å². The van der Waals surface area contributed by atoms with Crippen LogP contribution in [0.15, 0.2) is 16.6 Å². The Morgan fingerprint density at radius 2 is 1.62 bits per heavy atom. The number of rotatable bonds is 4. The largest absolute Gasteiger partial charge is 0.462 e. The van der Waals surface area contributed by atoms with E-state index in [-0.39, 0.29) is 29.8 Å². The van der Waals surface area contributed by atoms with Gasteiger partial charge >= 0.3 is 11.9 Å². The van der Waals surface area contributed by atoms with E-state index in [2.05, 4.69) is 15.9 Å². The minimum absolute atomic E-state index is 0.135. The Morgan fingerprint density at radius 1 is 1.10 bits per heavy atom. The van der Waals surface area contributed by atoms with Gasteiger partial charge in [0.15, 0.2) is 0 Å². The van der Waals surface area contributed by atoms with Gasteiger partial charge in [-0.3, -0.25) is 0 Å². The van der Waals surface area contributed by atoms with Gasteiger partial charge in [-0.05, 0) is 37.0 Å². The van der Waals surface area contributed by atoms with Crippen molar-refractivity contribution in [2.24, 2.45) is 5.41 Å². The van der Waals surface area contributed by atoms with Gasteiger partial charge in [0.1, 0.15) is 0 Å². The zero-order valence-electron chi connectivity index (χ0n) is 13.1. The van der Waals surface area contributed by atoms with E-state index < -0.39 is 11.9 Å². The van der Waals surface area contributed by atoms with Crippen molar-refractivity contribution in [3.05, 3.63) is 33.3 Å². The maximum atomic E-state index is 12.2. The molecule has 21 heavy (non-hydrogen) atoms. The van der Waals surface area contributed by atoms with Crippen LogP contribution in [0.25, 0.3) is 0 Å². The zero-order chi connectivity index (χ0) is 16.2. The van der Waals surface area contributed by atoms with Gasteiger partial charge in [-0.1, -0.05) is 36.7 Å². The topological polar surface area (TPSA) is 52.6 Å². The summed E-state index contributed by atoms with van der Waals surface area (Å²) in [5, 5.41) is 0. The number of hydrogen-bond donors (Lipinski definition) is 0. The summed E-state index contributed by atoms with van der Waals surface area (Å²) in [6, 6.07) is 3.24. The molecule has 1 aromatic rings. The summed E-state index contributed by atoms with van der Waals surface area (Å²) in [6.07, 6.45) is 0. The van der Waals surface area contributed by atoms with Crippen molar-refractivity contribution in [3.8, 4) is 0 Å². The molecular weight excluding hydrogens is 336 g/mol. The van der Waals surface area contributed by atoms with Gasteiger partial charge in [0.2, 0.25) is 0 Å². The standard InChI is InChI=1S/C16H21BrO4/c1-6-20-14(18)12-8-13(17)10(2)7-11(12)15(19)21-9-16(3,4)5/h7-8H,6,9H2,1-5H3. The number of benzene rings is 1. The summed E-state index contributed by atoms with van der Waals surface area (Å²) in [5.41, 5.74) is 1.17. The molecule has 0 radical (unpaired) electrons. The number of halogens is 1. The molecule has 0 heterocycles. The molecule has 0 amide bonds. The summed E-state index contributed by atoms with van der Waals surface area (Å²) >= 11 is 3.36. The smallest absolute Gasteiger partial charge is 0.339 e. The Bertz CT molecular complexity index is 544. The van der Waals surface area contributed by atoms with E-state index in [1.807, 2.05) is 27.7 Å². The fourth-order valence-corrected chi connectivity index (χ4v) is 1.93. The molecule has 0 aromatic heterocycles. The van der Waals surface area contributed by atoms with E-state index in [1.165, 1.54) is 0 Å². The Labute approximate surface area is 133 Å². The van der Waals surface area contributed by atoms with E-state index in [4.69, 9.17) is 9.47 Å². The van der Waals surface area contributed by atoms with Gasteiger partial charge in [0.05, 0.1) is 24.3 Å². The average Bonchev–Trinajstić information content (AvgIpc) is 2.38. The summed E-state index contributed by atoms with van der Waals surface area (Å²) in [4.78, 5) is 24.2. The Kier molecular flexibility index (Phi) is 5.96. The maximum absolute atomic E-state index is 12.2. The van der Waals surface area contributed by atoms with Gasteiger partial charge in [-0.15, -0.1) is 0 Å². The second kappa shape index (κ2) is 7.07. The average molecular weight is 357 g/mol. The molecule has 0 atom stereocenters. The Hall–Kier alpha value is -1.36. The van der Waals surface area contributed by atoms with Crippen molar-refractivity contribution in [1.29, 1.82) is 0 Å². The summed E-state index contributed by atoms with van der Waals surface area (Å²) in [6.45, 7) is 10.0. The predicted octanol–water partition coefficient (Wildman–Crippen LogP) is 4.14. The fourth-order valence-electron chi connectivity index (χ4n) is 1.59. The first-order valence-corrected chi connectivity index (χ1v) is 7.59. The summed E-state index contributed by atoms with van der Waals surface area (Å²) in [7, 11) is 0. The molecule has 0 N–H and O–H groups in total. The molecule has 0 bridgehead atoms. The molecular formula is C16H21BrO4. The molecule has 4 nitrogen and oxygen atoms in total. The maximum Gasteiger partial charge on any atom is 0.339 e. The molecule has 0 fully saturated rings. The van der Waals surface area contributed by atoms with Crippen molar-refractivity contribution < 1.29 is 19.1 Å². The van der Waals surface area contributed by atoms with Crippen molar-refractivity contribution in [1.82, 2.24) is 0 Å². The number of hydrogen-bond acceptors (Lipinski definition) is 4. The molecule has 1 rings (SSSR count). The van der Waals surface area contributed by atoms with Crippen LogP contribution in [0.4, 0.5) is 0 Å². The quantitative estimate of drug-likeness (QED) is 0.760. The van der Waals surface area contributed by atoms with Crippen LogP contribution in [-0.4, -0.2) is 25.2 Å². The number of carbonyl (C=O) groups is 2. The first-order chi connectivity index (χ1) is 9.65. The van der Waals surface area contributed by atoms with Crippen LogP contribution in [0, 0.1) is 12.3 Å². The molecule has 0 saturated carbocycles. The highest BCUT2D eigenvalue weighted by atomic mass is 79.9. The van der Waals surface area contributed by atoms with Crippen LogP contribution >= 0.6 is 15.9 Å². The Balaban J connectivity index is 3.11.